The van der Waals surface area contributed by atoms with Crippen LogP contribution in [0, 0.1) is 5.92 Å². The largest absolute Gasteiger partial charge is 0.444 e. The zero-order valence-electron chi connectivity index (χ0n) is 18.9. The van der Waals surface area contributed by atoms with Gasteiger partial charge >= 0.3 is 6.09 Å². The molecule has 0 unspecified atom stereocenters. The van der Waals surface area contributed by atoms with E-state index in [-0.39, 0.29) is 34.6 Å². The Morgan fingerprint density at radius 2 is 1.72 bits per heavy atom. The summed E-state index contributed by atoms with van der Waals surface area (Å²) in [7, 11) is 0. The summed E-state index contributed by atoms with van der Waals surface area (Å²) in [6.45, 7) is 6.81. The van der Waals surface area contributed by atoms with Crippen LogP contribution in [-0.4, -0.2) is 63.5 Å². The fraction of sp³-hybridized carbons (Fsp3) is 0.682. The van der Waals surface area contributed by atoms with E-state index in [4.69, 9.17) is 16.3 Å². The number of ether oxygens (including phenoxy) is 1. The van der Waals surface area contributed by atoms with Gasteiger partial charge in [0.1, 0.15) is 11.6 Å². The second-order valence-corrected chi connectivity index (χ2v) is 9.80. The standard InChI is InChI=1S/C22H32ClN5O4/c1-22(2,3)32-21(31)27-16(20(30)28-12-4-5-13-28)14-6-8-15(9-7-14)26-19(29)17-18(23)25-11-10-24-17/h10-11,14-16H,4-9,12-13H2,1-3H3,(H,26,29)(H,27,31)/t14?,15?,16-/m0/s1. The number of halogens is 1. The average molecular weight is 466 g/mol. The number of rotatable bonds is 5. The van der Waals surface area contributed by atoms with Crippen LogP contribution in [0.5, 0.6) is 0 Å². The molecule has 10 heteroatoms. The van der Waals surface area contributed by atoms with Crippen molar-refractivity contribution in [3.05, 3.63) is 23.2 Å². The molecule has 176 valence electrons. The van der Waals surface area contributed by atoms with Crippen molar-refractivity contribution in [2.75, 3.05) is 13.1 Å². The van der Waals surface area contributed by atoms with Gasteiger partial charge in [0, 0.05) is 31.5 Å². The molecule has 2 fully saturated rings. The molecule has 32 heavy (non-hydrogen) atoms. The summed E-state index contributed by atoms with van der Waals surface area (Å²) in [5.74, 6) is -0.431. The monoisotopic (exact) mass is 465 g/mol. The number of hydrogen-bond acceptors (Lipinski definition) is 6. The Balaban J connectivity index is 1.61. The summed E-state index contributed by atoms with van der Waals surface area (Å²) in [6, 6.07) is -0.685. The molecule has 2 heterocycles. The first kappa shape index (κ1) is 24.2. The maximum atomic E-state index is 13.2. The smallest absolute Gasteiger partial charge is 0.408 e. The summed E-state index contributed by atoms with van der Waals surface area (Å²) >= 11 is 5.96. The van der Waals surface area contributed by atoms with E-state index >= 15 is 0 Å². The van der Waals surface area contributed by atoms with Gasteiger partial charge in [-0.2, -0.15) is 0 Å². The molecule has 1 saturated carbocycles. The lowest BCUT2D eigenvalue weighted by Crippen LogP contribution is -2.54. The van der Waals surface area contributed by atoms with Crippen molar-refractivity contribution in [1.29, 1.82) is 0 Å². The van der Waals surface area contributed by atoms with Gasteiger partial charge in [-0.05, 0) is 65.2 Å². The van der Waals surface area contributed by atoms with E-state index in [0.717, 1.165) is 25.9 Å². The minimum Gasteiger partial charge on any atom is -0.444 e. The molecule has 1 aromatic rings. The number of nitrogens with zero attached hydrogens (tertiary/aromatic N) is 3. The number of carbonyl (C=O) groups is 3. The van der Waals surface area contributed by atoms with Gasteiger partial charge in [0.2, 0.25) is 5.91 Å². The van der Waals surface area contributed by atoms with Crippen molar-refractivity contribution in [3.8, 4) is 0 Å². The first-order valence-electron chi connectivity index (χ1n) is 11.2. The minimum absolute atomic E-state index is 0.0242. The van der Waals surface area contributed by atoms with E-state index in [9.17, 15) is 14.4 Å². The van der Waals surface area contributed by atoms with Crippen molar-refractivity contribution in [3.63, 3.8) is 0 Å². The van der Waals surface area contributed by atoms with E-state index in [0.29, 0.717) is 25.7 Å². The number of alkyl carbamates (subject to hydrolysis) is 1. The molecule has 3 rings (SSSR count). The van der Waals surface area contributed by atoms with Crippen LogP contribution in [0.4, 0.5) is 4.79 Å². The fourth-order valence-corrected chi connectivity index (χ4v) is 4.46. The molecule has 9 nitrogen and oxygen atoms in total. The molecule has 0 aromatic carbocycles. The third kappa shape index (κ3) is 6.54. The van der Waals surface area contributed by atoms with Crippen LogP contribution in [0.1, 0.15) is 69.8 Å². The minimum atomic E-state index is -0.644. The van der Waals surface area contributed by atoms with E-state index in [1.54, 1.807) is 20.8 Å². The highest BCUT2D eigenvalue weighted by molar-refractivity contribution is 6.32. The highest BCUT2D eigenvalue weighted by Crippen LogP contribution is 2.29. The molecule has 1 atom stereocenters. The van der Waals surface area contributed by atoms with Crippen molar-refractivity contribution in [1.82, 2.24) is 25.5 Å². The molecule has 0 bridgehead atoms. The van der Waals surface area contributed by atoms with Crippen molar-refractivity contribution >= 4 is 29.5 Å². The zero-order chi connectivity index (χ0) is 23.3. The molecule has 1 aliphatic heterocycles. The van der Waals surface area contributed by atoms with E-state index < -0.39 is 17.7 Å². The van der Waals surface area contributed by atoms with E-state index in [1.165, 1.54) is 12.4 Å². The third-order valence-corrected chi connectivity index (χ3v) is 6.08. The molecule has 2 aliphatic rings. The number of aromatic nitrogens is 2. The van der Waals surface area contributed by atoms with Crippen LogP contribution in [0.25, 0.3) is 0 Å². The first-order chi connectivity index (χ1) is 15.1. The summed E-state index contributed by atoms with van der Waals surface area (Å²) in [5, 5.41) is 5.86. The van der Waals surface area contributed by atoms with Crippen LogP contribution in [0.2, 0.25) is 5.15 Å². The van der Waals surface area contributed by atoms with E-state index in [2.05, 4.69) is 20.6 Å². The van der Waals surface area contributed by atoms with Crippen LogP contribution in [0.15, 0.2) is 12.4 Å². The number of amides is 3. The van der Waals surface area contributed by atoms with Crippen molar-refractivity contribution in [2.45, 2.75) is 77.0 Å². The number of nitrogens with one attached hydrogen (secondary N) is 2. The van der Waals surface area contributed by atoms with Gasteiger partial charge in [0.05, 0.1) is 0 Å². The van der Waals surface area contributed by atoms with Crippen LogP contribution >= 0.6 is 11.6 Å². The number of carbonyl (C=O) groups excluding carboxylic acids is 3. The maximum Gasteiger partial charge on any atom is 0.408 e. The fourth-order valence-electron chi connectivity index (χ4n) is 4.27. The van der Waals surface area contributed by atoms with Gasteiger partial charge in [-0.1, -0.05) is 11.6 Å². The SMILES string of the molecule is CC(C)(C)OC(=O)N[C@H](C(=O)N1CCCC1)C1CCC(NC(=O)c2nccnc2Cl)CC1. The van der Waals surface area contributed by atoms with Crippen LogP contribution in [-0.2, 0) is 9.53 Å². The second kappa shape index (κ2) is 10.5. The summed E-state index contributed by atoms with van der Waals surface area (Å²) < 4.78 is 5.40. The van der Waals surface area contributed by atoms with Gasteiger partial charge < -0.3 is 20.3 Å². The van der Waals surface area contributed by atoms with Crippen LogP contribution in [0.3, 0.4) is 0 Å². The van der Waals surface area contributed by atoms with Crippen molar-refractivity contribution in [2.24, 2.45) is 5.92 Å². The normalized spacial score (nSPS) is 22.2. The molecule has 2 N–H and O–H groups in total. The number of hydrogen-bond donors (Lipinski definition) is 2. The highest BCUT2D eigenvalue weighted by atomic mass is 35.5. The topological polar surface area (TPSA) is 114 Å². The summed E-state index contributed by atoms with van der Waals surface area (Å²) in [5.41, 5.74) is -0.542. The molecule has 1 aliphatic carbocycles. The first-order valence-corrected chi connectivity index (χ1v) is 11.6. The van der Waals surface area contributed by atoms with Gasteiger partial charge in [0.25, 0.3) is 5.91 Å². The molecule has 1 saturated heterocycles. The molecular weight excluding hydrogens is 434 g/mol. The van der Waals surface area contributed by atoms with Gasteiger partial charge in [-0.15, -0.1) is 0 Å². The maximum absolute atomic E-state index is 13.2. The van der Waals surface area contributed by atoms with Crippen LogP contribution < -0.4 is 10.6 Å². The predicted octanol–water partition coefficient (Wildman–Crippen LogP) is 2.93. The Morgan fingerprint density at radius 1 is 1.09 bits per heavy atom. The predicted molar refractivity (Wildman–Crippen MR) is 119 cm³/mol. The molecule has 0 spiro atoms. The lowest BCUT2D eigenvalue weighted by Gasteiger charge is -2.35. The zero-order valence-corrected chi connectivity index (χ0v) is 19.7. The Hall–Kier alpha value is -2.42. The lowest BCUT2D eigenvalue weighted by atomic mass is 9.81. The molecule has 3 amide bonds. The van der Waals surface area contributed by atoms with Gasteiger partial charge in [-0.3, -0.25) is 9.59 Å². The highest BCUT2D eigenvalue weighted by Gasteiger charge is 2.37. The Morgan fingerprint density at radius 3 is 2.31 bits per heavy atom. The Bertz CT molecular complexity index is 830. The van der Waals surface area contributed by atoms with Gasteiger partial charge in [0.15, 0.2) is 10.8 Å². The lowest BCUT2D eigenvalue weighted by molar-refractivity contribution is -0.134. The number of likely N-dealkylation sites (tertiary alicyclic amines) is 1. The third-order valence-electron chi connectivity index (χ3n) is 5.80. The van der Waals surface area contributed by atoms with Gasteiger partial charge in [-0.25, -0.2) is 14.8 Å². The summed E-state index contributed by atoms with van der Waals surface area (Å²) in [4.78, 5) is 47.8. The quantitative estimate of drug-likeness (QED) is 0.691. The molecule has 1 aromatic heterocycles. The Kier molecular flexibility index (Phi) is 7.92. The van der Waals surface area contributed by atoms with Crippen molar-refractivity contribution < 1.29 is 19.1 Å². The molecule has 0 radical (unpaired) electrons. The van der Waals surface area contributed by atoms with E-state index in [1.807, 2.05) is 4.90 Å². The molecular formula is C22H32ClN5O4. The second-order valence-electron chi connectivity index (χ2n) is 9.44. The average Bonchev–Trinajstić information content (AvgIpc) is 3.26. The summed E-state index contributed by atoms with van der Waals surface area (Å²) in [6.07, 6.45) is 7.00. The Labute approximate surface area is 193 Å².